The van der Waals surface area contributed by atoms with Crippen LogP contribution in [0.1, 0.15) is 40.9 Å². The number of anilines is 2. The fraction of sp³-hybridized carbons (Fsp3) is 0.312. The number of ether oxygens (including phenoxy) is 2. The van der Waals surface area contributed by atoms with Gasteiger partial charge in [-0.15, -0.1) is 5.10 Å². The lowest BCUT2D eigenvalue weighted by molar-refractivity contribution is -0.137. The maximum Gasteiger partial charge on any atom is 0.417 e. The number of carbonyl (C=O) groups is 3. The zero-order valence-corrected chi connectivity index (χ0v) is 25.8. The molecule has 4 heterocycles. The van der Waals surface area contributed by atoms with Crippen molar-refractivity contribution < 1.29 is 37.0 Å². The van der Waals surface area contributed by atoms with Crippen LogP contribution in [0.5, 0.6) is 0 Å². The average Bonchev–Trinajstić information content (AvgIpc) is 3.45. The lowest BCUT2D eigenvalue weighted by atomic mass is 10.0. The highest BCUT2D eigenvalue weighted by Crippen LogP contribution is 2.38. The smallest absolute Gasteiger partial charge is 0.417 e. The number of aromatic nitrogens is 4. The number of fused-ring (bicyclic) bond motifs is 1. The molecule has 0 unspecified atom stereocenters. The summed E-state index contributed by atoms with van der Waals surface area (Å²) in [7, 11) is 1.09. The number of ketones is 1. The van der Waals surface area contributed by atoms with E-state index in [1.165, 1.54) is 10.6 Å². The van der Waals surface area contributed by atoms with E-state index in [-0.39, 0.29) is 35.4 Å². The Morgan fingerprint density at radius 2 is 1.79 bits per heavy atom. The molecule has 1 aliphatic heterocycles. The van der Waals surface area contributed by atoms with Gasteiger partial charge in [-0.2, -0.15) is 13.2 Å². The van der Waals surface area contributed by atoms with Crippen molar-refractivity contribution in [1.29, 1.82) is 0 Å². The standard InChI is InChI=1S/C32H32F3N7O5/c1-19(2)12-28(44)37-17-26(43)22-6-4-20(5-7-22)13-21-14-25-30(41-8-10-47-11-9-41)39-29(40-42(25)18-21)23-16-36-27(38-31(45)46-3)15-24(23)32(33,34)35/h4-7,12,14-16,18H,8-11,13,17H2,1-3H3,(H,37,44)(H,36,38,45). The molecule has 0 bridgehead atoms. The minimum atomic E-state index is -4.81. The van der Waals surface area contributed by atoms with Crippen LogP contribution in [0.3, 0.4) is 0 Å². The second-order valence-electron chi connectivity index (χ2n) is 11.0. The van der Waals surface area contributed by atoms with Gasteiger partial charge in [0.25, 0.3) is 0 Å². The first-order valence-corrected chi connectivity index (χ1v) is 14.6. The maximum atomic E-state index is 14.2. The Morgan fingerprint density at radius 3 is 2.45 bits per heavy atom. The van der Waals surface area contributed by atoms with E-state index in [0.29, 0.717) is 55.7 Å². The molecule has 0 atom stereocenters. The van der Waals surface area contributed by atoms with Gasteiger partial charge in [-0.05, 0) is 43.5 Å². The van der Waals surface area contributed by atoms with Gasteiger partial charge >= 0.3 is 12.3 Å². The molecule has 0 spiro atoms. The fourth-order valence-electron chi connectivity index (χ4n) is 4.97. The summed E-state index contributed by atoms with van der Waals surface area (Å²) in [5, 5.41) is 9.17. The minimum absolute atomic E-state index is 0.131. The molecule has 1 aliphatic rings. The van der Waals surface area contributed by atoms with Crippen LogP contribution >= 0.6 is 0 Å². The number of carbonyl (C=O) groups excluding carboxylic acids is 3. The second-order valence-corrected chi connectivity index (χ2v) is 11.0. The highest BCUT2D eigenvalue weighted by atomic mass is 19.4. The summed E-state index contributed by atoms with van der Waals surface area (Å²) >= 11 is 0. The third kappa shape index (κ3) is 8.10. The molecule has 47 heavy (non-hydrogen) atoms. The highest BCUT2D eigenvalue weighted by Gasteiger charge is 2.36. The van der Waals surface area contributed by atoms with Gasteiger partial charge < -0.3 is 19.7 Å². The number of hydrogen-bond donors (Lipinski definition) is 2. The molecular formula is C32H32F3N7O5. The van der Waals surface area contributed by atoms with Gasteiger partial charge in [-0.25, -0.2) is 19.3 Å². The molecule has 12 nitrogen and oxygen atoms in total. The molecule has 4 aromatic rings. The van der Waals surface area contributed by atoms with Crippen molar-refractivity contribution in [3.8, 4) is 11.4 Å². The molecule has 15 heteroatoms. The van der Waals surface area contributed by atoms with Crippen molar-refractivity contribution in [2.24, 2.45) is 0 Å². The Kier molecular flexibility index (Phi) is 9.84. The summed E-state index contributed by atoms with van der Waals surface area (Å²) in [6, 6.07) is 9.56. The number of nitrogens with one attached hydrogen (secondary N) is 2. The Bertz CT molecular complexity index is 1830. The number of Topliss-reactive ketones (excluding diaryl/α,β-unsaturated/α-hetero) is 1. The van der Waals surface area contributed by atoms with Crippen molar-refractivity contribution in [3.05, 3.63) is 82.7 Å². The van der Waals surface area contributed by atoms with Crippen molar-refractivity contribution in [2.75, 3.05) is 50.2 Å². The summed E-state index contributed by atoms with van der Waals surface area (Å²) in [5.41, 5.74) is 2.11. The predicted molar refractivity (Wildman–Crippen MR) is 166 cm³/mol. The third-order valence-electron chi connectivity index (χ3n) is 7.20. The van der Waals surface area contributed by atoms with Gasteiger partial charge in [0.2, 0.25) is 5.91 Å². The molecule has 0 aliphatic carbocycles. The van der Waals surface area contributed by atoms with Crippen LogP contribution in [0.25, 0.3) is 16.9 Å². The Hall–Kier alpha value is -5.31. The Balaban J connectivity index is 1.46. The van der Waals surface area contributed by atoms with E-state index in [1.807, 2.05) is 11.0 Å². The normalized spacial score (nSPS) is 13.3. The van der Waals surface area contributed by atoms with Gasteiger partial charge in [-0.1, -0.05) is 29.8 Å². The zero-order chi connectivity index (χ0) is 33.7. The van der Waals surface area contributed by atoms with Crippen LogP contribution in [-0.2, 0) is 26.9 Å². The molecule has 0 radical (unpaired) electrons. The largest absolute Gasteiger partial charge is 0.453 e. The molecule has 2 N–H and O–H groups in total. The summed E-state index contributed by atoms with van der Waals surface area (Å²) in [5.74, 6) is -0.680. The van der Waals surface area contributed by atoms with Crippen LogP contribution in [-0.4, -0.2) is 77.3 Å². The number of alkyl halides is 3. The molecule has 1 saturated heterocycles. The van der Waals surface area contributed by atoms with Crippen LogP contribution < -0.4 is 15.5 Å². The Morgan fingerprint density at radius 1 is 1.06 bits per heavy atom. The fourth-order valence-corrected chi connectivity index (χ4v) is 4.97. The van der Waals surface area contributed by atoms with Gasteiger partial charge in [0.05, 0.1) is 38.0 Å². The molecule has 1 aromatic carbocycles. The number of nitrogens with zero attached hydrogens (tertiary/aromatic N) is 5. The predicted octanol–water partition coefficient (Wildman–Crippen LogP) is 4.68. The number of amides is 2. The first-order valence-electron chi connectivity index (χ1n) is 14.6. The van der Waals surface area contributed by atoms with Gasteiger partial charge in [-0.3, -0.25) is 14.9 Å². The molecule has 1 fully saturated rings. The summed E-state index contributed by atoms with van der Waals surface area (Å²) in [4.78, 5) is 46.5. The maximum absolute atomic E-state index is 14.2. The van der Waals surface area contributed by atoms with E-state index in [4.69, 9.17) is 4.74 Å². The van der Waals surface area contributed by atoms with E-state index in [9.17, 15) is 27.6 Å². The lowest BCUT2D eigenvalue weighted by Gasteiger charge is -2.28. The molecule has 0 saturated carbocycles. The van der Waals surface area contributed by atoms with Gasteiger partial charge in [0.15, 0.2) is 17.4 Å². The number of methoxy groups -OCH3 is 1. The summed E-state index contributed by atoms with van der Waals surface area (Å²) < 4.78 is 54.2. The van der Waals surface area contributed by atoms with E-state index in [0.717, 1.165) is 30.0 Å². The van der Waals surface area contributed by atoms with Crippen molar-refractivity contribution >= 4 is 34.9 Å². The number of halogens is 3. The molecule has 2 amide bonds. The molecule has 246 valence electrons. The number of morpholine rings is 1. The van der Waals surface area contributed by atoms with Gasteiger partial charge in [0, 0.05) is 37.1 Å². The SMILES string of the molecule is COC(=O)Nc1cc(C(F)(F)F)c(-c2nc(N3CCOCC3)c3cc(Cc4ccc(C(=O)CNC(=O)C=C(C)C)cc4)cn3n2)cn1. The van der Waals surface area contributed by atoms with Crippen LogP contribution in [0, 0.1) is 0 Å². The summed E-state index contributed by atoms with van der Waals surface area (Å²) in [6.45, 7) is 5.24. The van der Waals surface area contributed by atoms with Gasteiger partial charge in [0.1, 0.15) is 11.3 Å². The van der Waals surface area contributed by atoms with Crippen LogP contribution in [0.2, 0.25) is 0 Å². The highest BCUT2D eigenvalue weighted by molar-refractivity contribution is 6.00. The average molecular weight is 652 g/mol. The number of pyridine rings is 1. The topological polar surface area (TPSA) is 140 Å². The molecular weight excluding hydrogens is 619 g/mol. The lowest BCUT2D eigenvalue weighted by Crippen LogP contribution is -2.37. The Labute approximate surface area is 267 Å². The van der Waals surface area contributed by atoms with Crippen molar-refractivity contribution in [2.45, 2.75) is 26.4 Å². The molecule has 5 rings (SSSR count). The quantitative estimate of drug-likeness (QED) is 0.195. The first-order chi connectivity index (χ1) is 22.4. The van der Waals surface area contributed by atoms with Crippen molar-refractivity contribution in [3.63, 3.8) is 0 Å². The van der Waals surface area contributed by atoms with Crippen molar-refractivity contribution in [1.82, 2.24) is 24.9 Å². The number of allylic oxidation sites excluding steroid dienone is 1. The van der Waals surface area contributed by atoms with E-state index in [2.05, 4.69) is 30.4 Å². The first kappa shape index (κ1) is 33.1. The number of hydrogen-bond acceptors (Lipinski definition) is 9. The van der Waals surface area contributed by atoms with E-state index in [1.54, 1.807) is 44.3 Å². The number of benzene rings is 1. The minimum Gasteiger partial charge on any atom is -0.453 e. The van der Waals surface area contributed by atoms with Crippen LogP contribution in [0.15, 0.2) is 60.4 Å². The summed E-state index contributed by atoms with van der Waals surface area (Å²) in [6.07, 6.45) is -1.22. The van der Waals surface area contributed by atoms with E-state index < -0.39 is 17.8 Å². The monoisotopic (exact) mass is 651 g/mol. The molecule has 3 aromatic heterocycles. The number of rotatable bonds is 9. The third-order valence-corrected chi connectivity index (χ3v) is 7.20. The second kappa shape index (κ2) is 14.0. The zero-order valence-electron chi connectivity index (χ0n) is 25.8. The van der Waals surface area contributed by atoms with Crippen LogP contribution in [0.4, 0.5) is 29.6 Å². The van der Waals surface area contributed by atoms with E-state index >= 15 is 0 Å².